The molecule has 0 aliphatic heterocycles. The number of amides is 2. The van der Waals surface area contributed by atoms with E-state index in [0.29, 0.717) is 10.9 Å². The second-order valence-corrected chi connectivity index (χ2v) is 9.15. The van der Waals surface area contributed by atoms with Crippen LogP contribution in [0.15, 0.2) is 78.0 Å². The number of imidazole rings is 1. The Kier molecular flexibility index (Phi) is 6.24. The van der Waals surface area contributed by atoms with Crippen LogP contribution in [0.25, 0.3) is 16.8 Å². The van der Waals surface area contributed by atoms with Crippen molar-refractivity contribution in [3.05, 3.63) is 83.9 Å². The van der Waals surface area contributed by atoms with E-state index in [4.69, 9.17) is 0 Å². The van der Waals surface area contributed by atoms with Gasteiger partial charge in [-0.3, -0.25) is 18.6 Å². The van der Waals surface area contributed by atoms with E-state index in [0.717, 1.165) is 33.5 Å². The lowest BCUT2D eigenvalue weighted by Crippen LogP contribution is -2.19. The molecule has 2 amide bonds. The zero-order chi connectivity index (χ0) is 24.4. The number of fused-ring (bicyclic) bond motifs is 3. The molecule has 5 aromatic rings. The number of para-hydroxylation sites is 4. The van der Waals surface area contributed by atoms with E-state index in [-0.39, 0.29) is 24.1 Å². The third kappa shape index (κ3) is 4.63. The number of carbonyl (C=O) groups excluding carboxylic acids is 2. The van der Waals surface area contributed by atoms with Gasteiger partial charge in [0.15, 0.2) is 5.16 Å². The Bertz CT molecular complexity index is 1550. The molecule has 0 bridgehead atoms. The van der Waals surface area contributed by atoms with Crippen LogP contribution in [0, 0.1) is 13.8 Å². The van der Waals surface area contributed by atoms with Gasteiger partial charge in [-0.05, 0) is 49.2 Å². The number of anilines is 2. The maximum absolute atomic E-state index is 12.9. The minimum Gasteiger partial charge on any atom is -0.325 e. The van der Waals surface area contributed by atoms with Gasteiger partial charge in [-0.25, -0.2) is 0 Å². The largest absolute Gasteiger partial charge is 0.325 e. The predicted molar refractivity (Wildman–Crippen MR) is 139 cm³/mol. The van der Waals surface area contributed by atoms with Gasteiger partial charge in [-0.1, -0.05) is 60.3 Å². The van der Waals surface area contributed by atoms with Crippen molar-refractivity contribution in [1.29, 1.82) is 0 Å². The molecular weight excluding hydrogens is 460 g/mol. The molecule has 0 spiro atoms. The highest BCUT2D eigenvalue weighted by atomic mass is 32.2. The van der Waals surface area contributed by atoms with Crippen molar-refractivity contribution in [2.24, 2.45) is 0 Å². The molecule has 0 saturated heterocycles. The lowest BCUT2D eigenvalue weighted by molar-refractivity contribution is -0.116. The molecule has 0 fully saturated rings. The molecular formula is C26H24N6O2S. The molecule has 0 radical (unpaired) electrons. The highest BCUT2D eigenvalue weighted by Gasteiger charge is 2.19. The first-order valence-corrected chi connectivity index (χ1v) is 12.2. The summed E-state index contributed by atoms with van der Waals surface area (Å²) in [5.41, 5.74) is 5.31. The Balaban J connectivity index is 1.38. The van der Waals surface area contributed by atoms with Crippen LogP contribution in [0.2, 0.25) is 0 Å². The van der Waals surface area contributed by atoms with Crippen LogP contribution < -0.4 is 10.6 Å². The average molecular weight is 485 g/mol. The highest BCUT2D eigenvalue weighted by Crippen LogP contribution is 2.26. The highest BCUT2D eigenvalue weighted by molar-refractivity contribution is 7.99. The number of thioether (sulfide) groups is 1. The fourth-order valence-electron chi connectivity index (χ4n) is 3.96. The van der Waals surface area contributed by atoms with Crippen LogP contribution in [0.4, 0.5) is 11.4 Å². The number of nitrogens with one attached hydrogen (secondary N) is 2. The Hall–Kier alpha value is -4.11. The van der Waals surface area contributed by atoms with Crippen LogP contribution in [-0.2, 0) is 16.1 Å². The van der Waals surface area contributed by atoms with Crippen molar-refractivity contribution >= 4 is 51.8 Å². The molecule has 35 heavy (non-hydrogen) atoms. The lowest BCUT2D eigenvalue weighted by Gasteiger charge is -2.09. The normalized spacial score (nSPS) is 11.1. The molecule has 8 nitrogen and oxygen atoms in total. The van der Waals surface area contributed by atoms with Crippen molar-refractivity contribution in [3.8, 4) is 0 Å². The average Bonchev–Trinajstić information content (AvgIpc) is 3.40. The van der Waals surface area contributed by atoms with Crippen LogP contribution in [0.5, 0.6) is 0 Å². The maximum atomic E-state index is 12.9. The first kappa shape index (κ1) is 22.7. The smallest absolute Gasteiger partial charge is 0.244 e. The topological polar surface area (TPSA) is 93.3 Å². The standard InChI is InChI=1S/C26H24N6O2S/c1-17-9-3-5-11-19(17)27-23(33)15-31-21-13-7-8-14-22(21)32-25(31)29-30-26(32)35-16-24(34)28-20-12-6-4-10-18(20)2/h3-14H,15-16H2,1-2H3,(H,27,33)(H,28,34). The van der Waals surface area contributed by atoms with E-state index >= 15 is 0 Å². The van der Waals surface area contributed by atoms with E-state index in [2.05, 4.69) is 20.8 Å². The summed E-state index contributed by atoms with van der Waals surface area (Å²) >= 11 is 1.30. The molecule has 2 heterocycles. The minimum atomic E-state index is -0.155. The van der Waals surface area contributed by atoms with Crippen LogP contribution in [0.1, 0.15) is 11.1 Å². The van der Waals surface area contributed by atoms with E-state index < -0.39 is 0 Å². The van der Waals surface area contributed by atoms with Crippen LogP contribution in [0.3, 0.4) is 0 Å². The van der Waals surface area contributed by atoms with Gasteiger partial charge in [-0.2, -0.15) is 0 Å². The van der Waals surface area contributed by atoms with Gasteiger partial charge in [0, 0.05) is 11.4 Å². The number of benzene rings is 3. The summed E-state index contributed by atoms with van der Waals surface area (Å²) in [4.78, 5) is 25.5. The van der Waals surface area contributed by atoms with E-state index in [1.54, 1.807) is 0 Å². The van der Waals surface area contributed by atoms with Crippen molar-refractivity contribution < 1.29 is 9.59 Å². The molecule has 2 N–H and O–H groups in total. The van der Waals surface area contributed by atoms with E-state index in [9.17, 15) is 9.59 Å². The fraction of sp³-hybridized carbons (Fsp3) is 0.154. The van der Waals surface area contributed by atoms with Crippen molar-refractivity contribution in [2.75, 3.05) is 16.4 Å². The quantitative estimate of drug-likeness (QED) is 0.328. The van der Waals surface area contributed by atoms with E-state index in [1.165, 1.54) is 11.8 Å². The van der Waals surface area contributed by atoms with Crippen LogP contribution in [-0.4, -0.2) is 36.7 Å². The minimum absolute atomic E-state index is 0.0852. The number of carbonyl (C=O) groups is 2. The van der Waals surface area contributed by atoms with Gasteiger partial charge in [0.1, 0.15) is 6.54 Å². The second kappa shape index (κ2) is 9.63. The van der Waals surface area contributed by atoms with Crippen LogP contribution >= 0.6 is 11.8 Å². The van der Waals surface area contributed by atoms with Gasteiger partial charge < -0.3 is 10.6 Å². The molecule has 3 aromatic carbocycles. The Morgan fingerprint density at radius 3 is 2.00 bits per heavy atom. The van der Waals surface area contributed by atoms with Crippen molar-refractivity contribution in [3.63, 3.8) is 0 Å². The number of nitrogens with zero attached hydrogens (tertiary/aromatic N) is 4. The molecule has 9 heteroatoms. The fourth-order valence-corrected chi connectivity index (χ4v) is 4.70. The maximum Gasteiger partial charge on any atom is 0.244 e. The third-order valence-corrected chi connectivity index (χ3v) is 6.67. The number of aryl methyl sites for hydroxylation is 2. The molecule has 2 aromatic heterocycles. The van der Waals surface area contributed by atoms with E-state index in [1.807, 2.05) is 95.6 Å². The number of hydrogen-bond donors (Lipinski definition) is 2. The molecule has 0 saturated carbocycles. The first-order chi connectivity index (χ1) is 17.0. The molecule has 0 aliphatic carbocycles. The summed E-state index contributed by atoms with van der Waals surface area (Å²) in [5.74, 6) is 0.454. The molecule has 176 valence electrons. The molecule has 0 aliphatic rings. The lowest BCUT2D eigenvalue weighted by atomic mass is 10.2. The molecule has 5 rings (SSSR count). The Labute approximate surface area is 206 Å². The summed E-state index contributed by atoms with van der Waals surface area (Å²) in [5, 5.41) is 15.2. The molecule has 0 unspecified atom stereocenters. The monoisotopic (exact) mass is 484 g/mol. The summed E-state index contributed by atoms with van der Waals surface area (Å²) in [6.45, 7) is 3.99. The predicted octanol–water partition coefficient (Wildman–Crippen LogP) is 4.67. The zero-order valence-corrected chi connectivity index (χ0v) is 20.2. The SMILES string of the molecule is Cc1ccccc1NC(=O)CSc1nnc2n(CC(=O)Nc3ccccc3C)c3ccccc3n12. The Morgan fingerprint density at radius 1 is 0.771 bits per heavy atom. The number of rotatable bonds is 7. The van der Waals surface area contributed by atoms with Gasteiger partial charge in [0.2, 0.25) is 17.6 Å². The summed E-state index contributed by atoms with van der Waals surface area (Å²) < 4.78 is 3.73. The van der Waals surface area contributed by atoms with Crippen molar-refractivity contribution in [2.45, 2.75) is 25.5 Å². The zero-order valence-electron chi connectivity index (χ0n) is 19.4. The first-order valence-electron chi connectivity index (χ1n) is 11.2. The molecule has 0 atom stereocenters. The number of hydrogen-bond acceptors (Lipinski definition) is 5. The number of aromatic nitrogens is 4. The van der Waals surface area contributed by atoms with Gasteiger partial charge in [0.25, 0.3) is 0 Å². The van der Waals surface area contributed by atoms with Gasteiger partial charge in [-0.15, -0.1) is 10.2 Å². The van der Waals surface area contributed by atoms with Gasteiger partial charge in [0.05, 0.1) is 16.8 Å². The summed E-state index contributed by atoms with van der Waals surface area (Å²) in [6, 6.07) is 23.1. The van der Waals surface area contributed by atoms with Crippen molar-refractivity contribution in [1.82, 2.24) is 19.2 Å². The second-order valence-electron chi connectivity index (χ2n) is 8.21. The summed E-state index contributed by atoms with van der Waals surface area (Å²) in [7, 11) is 0. The van der Waals surface area contributed by atoms with Gasteiger partial charge >= 0.3 is 0 Å². The third-order valence-electron chi connectivity index (χ3n) is 5.74. The Morgan fingerprint density at radius 2 is 1.34 bits per heavy atom. The summed E-state index contributed by atoms with van der Waals surface area (Å²) in [6.07, 6.45) is 0.